The Morgan fingerprint density at radius 2 is 2.16 bits per heavy atom. The number of benzene rings is 1. The van der Waals surface area contributed by atoms with Gasteiger partial charge >= 0.3 is 6.03 Å². The van der Waals surface area contributed by atoms with E-state index in [4.69, 9.17) is 4.74 Å². The third kappa shape index (κ3) is 4.48. The fourth-order valence-electron chi connectivity index (χ4n) is 3.10. The van der Waals surface area contributed by atoms with Crippen LogP contribution in [0.5, 0.6) is 11.5 Å². The molecule has 1 aromatic heterocycles. The molecule has 25 heavy (non-hydrogen) atoms. The van der Waals surface area contributed by atoms with Crippen molar-refractivity contribution in [2.45, 2.75) is 31.7 Å². The number of aliphatic hydroxyl groups excluding tert-OH is 1. The highest BCUT2D eigenvalue weighted by atomic mass is 16.5. The van der Waals surface area contributed by atoms with Gasteiger partial charge in [-0.05, 0) is 49.9 Å². The highest BCUT2D eigenvalue weighted by Crippen LogP contribution is 2.29. The average Bonchev–Trinajstić information content (AvgIpc) is 2.65. The first-order valence-corrected chi connectivity index (χ1v) is 8.63. The third-order valence-corrected chi connectivity index (χ3v) is 4.34. The summed E-state index contributed by atoms with van der Waals surface area (Å²) >= 11 is 0. The molecule has 1 aromatic carbocycles. The molecule has 2 aromatic rings. The summed E-state index contributed by atoms with van der Waals surface area (Å²) in [4.78, 5) is 18.6. The summed E-state index contributed by atoms with van der Waals surface area (Å²) in [6, 6.07) is 10.9. The number of aromatic nitrogens is 1. The number of nitrogens with zero attached hydrogens (tertiary/aromatic N) is 2. The number of anilines is 1. The lowest BCUT2D eigenvalue weighted by molar-refractivity contribution is 0.141. The van der Waals surface area contributed by atoms with Gasteiger partial charge in [-0.2, -0.15) is 0 Å². The smallest absolute Gasteiger partial charge is 0.322 e. The first kappa shape index (κ1) is 17.2. The summed E-state index contributed by atoms with van der Waals surface area (Å²) in [5.74, 6) is 1.18. The van der Waals surface area contributed by atoms with Crippen molar-refractivity contribution in [3.05, 3.63) is 48.8 Å². The number of pyridine rings is 1. The summed E-state index contributed by atoms with van der Waals surface area (Å²) in [6.07, 6.45) is 6.93. The summed E-state index contributed by atoms with van der Waals surface area (Å²) in [6.45, 7) is 0.803. The van der Waals surface area contributed by atoms with Crippen molar-refractivity contribution in [2.24, 2.45) is 0 Å². The first-order chi connectivity index (χ1) is 12.3. The molecule has 0 saturated carbocycles. The number of ether oxygens (including phenoxy) is 1. The molecule has 0 radical (unpaired) electrons. The van der Waals surface area contributed by atoms with Crippen molar-refractivity contribution in [2.75, 3.05) is 18.5 Å². The normalized spacial score (nSPS) is 17.2. The Morgan fingerprint density at radius 1 is 1.28 bits per heavy atom. The molecular weight excluding hydrogens is 318 g/mol. The zero-order valence-electron chi connectivity index (χ0n) is 14.1. The molecule has 2 N–H and O–H groups in total. The Balaban J connectivity index is 1.72. The molecule has 1 saturated heterocycles. The second-order valence-corrected chi connectivity index (χ2v) is 6.07. The van der Waals surface area contributed by atoms with Crippen molar-refractivity contribution in [1.82, 2.24) is 9.88 Å². The molecular formula is C19H23N3O3. The van der Waals surface area contributed by atoms with Crippen LogP contribution >= 0.6 is 0 Å². The van der Waals surface area contributed by atoms with Crippen molar-refractivity contribution >= 4 is 11.7 Å². The molecule has 6 heteroatoms. The first-order valence-electron chi connectivity index (χ1n) is 8.63. The number of rotatable bonds is 5. The van der Waals surface area contributed by atoms with Crippen LogP contribution in [0.4, 0.5) is 10.5 Å². The van der Waals surface area contributed by atoms with Gasteiger partial charge in [0.15, 0.2) is 5.75 Å². The number of aliphatic hydroxyl groups is 1. The van der Waals surface area contributed by atoms with Crippen LogP contribution in [-0.4, -0.2) is 40.2 Å². The zero-order valence-corrected chi connectivity index (χ0v) is 14.1. The van der Waals surface area contributed by atoms with Crippen LogP contribution in [0.2, 0.25) is 0 Å². The van der Waals surface area contributed by atoms with Gasteiger partial charge in [-0.25, -0.2) is 4.79 Å². The maximum Gasteiger partial charge on any atom is 0.322 e. The second-order valence-electron chi connectivity index (χ2n) is 6.07. The standard InChI is InChI=1S/C19H23N3O3/c23-13-10-15-6-3-4-12-22(15)19(24)21-17-8-1-2-9-18(17)25-16-7-5-11-20-14-16/h1-2,5,7-9,11,14-15,23H,3-4,6,10,12-13H2,(H,21,24)/t15-/m0/s1. The fourth-order valence-corrected chi connectivity index (χ4v) is 3.10. The van der Waals surface area contributed by atoms with Crippen LogP contribution in [0.25, 0.3) is 0 Å². The van der Waals surface area contributed by atoms with Gasteiger partial charge in [-0.15, -0.1) is 0 Å². The van der Waals surface area contributed by atoms with E-state index in [1.807, 2.05) is 35.2 Å². The molecule has 1 aliphatic rings. The SMILES string of the molecule is O=C(Nc1ccccc1Oc1cccnc1)N1CCCC[C@H]1CCO. The van der Waals surface area contributed by atoms with Crippen molar-refractivity contribution in [3.63, 3.8) is 0 Å². The Bertz CT molecular complexity index is 691. The molecule has 0 unspecified atom stereocenters. The number of hydrogen-bond acceptors (Lipinski definition) is 4. The average molecular weight is 341 g/mol. The molecule has 3 rings (SSSR count). The third-order valence-electron chi connectivity index (χ3n) is 4.34. The maximum absolute atomic E-state index is 12.7. The Hall–Kier alpha value is -2.60. The van der Waals surface area contributed by atoms with Gasteiger partial charge in [0.05, 0.1) is 11.9 Å². The van der Waals surface area contributed by atoms with E-state index in [1.54, 1.807) is 18.5 Å². The summed E-state index contributed by atoms with van der Waals surface area (Å²) in [5.41, 5.74) is 0.615. The van der Waals surface area contributed by atoms with Crippen LogP contribution in [0.15, 0.2) is 48.8 Å². The Morgan fingerprint density at radius 3 is 2.96 bits per heavy atom. The number of likely N-dealkylation sites (tertiary alicyclic amines) is 1. The van der Waals surface area contributed by atoms with Gasteiger partial charge in [-0.1, -0.05) is 12.1 Å². The van der Waals surface area contributed by atoms with Crippen LogP contribution < -0.4 is 10.1 Å². The predicted octanol–water partition coefficient (Wildman–Crippen LogP) is 3.64. The molecule has 2 heterocycles. The topological polar surface area (TPSA) is 74.7 Å². The van der Waals surface area contributed by atoms with Crippen LogP contribution in [-0.2, 0) is 0 Å². The minimum Gasteiger partial charge on any atom is -0.454 e. The molecule has 1 fully saturated rings. The van der Waals surface area contributed by atoms with E-state index in [2.05, 4.69) is 10.3 Å². The number of carbonyl (C=O) groups excluding carboxylic acids is 1. The molecule has 0 spiro atoms. The number of urea groups is 1. The number of nitrogens with one attached hydrogen (secondary N) is 1. The summed E-state index contributed by atoms with van der Waals surface area (Å²) in [5, 5.41) is 12.2. The Labute approximate surface area is 147 Å². The minimum atomic E-state index is -0.152. The van der Waals surface area contributed by atoms with E-state index in [9.17, 15) is 9.90 Å². The molecule has 0 bridgehead atoms. The molecule has 2 amide bonds. The molecule has 132 valence electrons. The monoisotopic (exact) mass is 341 g/mol. The van der Waals surface area contributed by atoms with Gasteiger partial charge in [-0.3, -0.25) is 4.98 Å². The van der Waals surface area contributed by atoms with Crippen LogP contribution in [0.3, 0.4) is 0 Å². The van der Waals surface area contributed by atoms with Crippen molar-refractivity contribution in [3.8, 4) is 11.5 Å². The molecule has 1 aliphatic heterocycles. The van der Waals surface area contributed by atoms with E-state index >= 15 is 0 Å². The van der Waals surface area contributed by atoms with Crippen molar-refractivity contribution in [1.29, 1.82) is 0 Å². The summed E-state index contributed by atoms with van der Waals surface area (Å²) < 4.78 is 5.84. The van der Waals surface area contributed by atoms with Crippen LogP contribution in [0.1, 0.15) is 25.7 Å². The largest absolute Gasteiger partial charge is 0.454 e. The molecule has 6 nitrogen and oxygen atoms in total. The Kier molecular flexibility index (Phi) is 5.85. The van der Waals surface area contributed by atoms with Gasteiger partial charge in [0.1, 0.15) is 5.75 Å². The maximum atomic E-state index is 12.7. The lowest BCUT2D eigenvalue weighted by Gasteiger charge is -2.35. The minimum absolute atomic E-state index is 0.0881. The van der Waals surface area contributed by atoms with Crippen LogP contribution in [0, 0.1) is 0 Å². The predicted molar refractivity (Wildman–Crippen MR) is 95.8 cm³/mol. The number of amides is 2. The van der Waals surface area contributed by atoms with Gasteiger partial charge in [0.2, 0.25) is 0 Å². The second kappa shape index (κ2) is 8.48. The van der Waals surface area contributed by atoms with E-state index in [-0.39, 0.29) is 18.7 Å². The van der Waals surface area contributed by atoms with Gasteiger partial charge in [0.25, 0.3) is 0 Å². The lowest BCUT2D eigenvalue weighted by Crippen LogP contribution is -2.46. The quantitative estimate of drug-likeness (QED) is 0.870. The number of hydrogen-bond donors (Lipinski definition) is 2. The van der Waals surface area contributed by atoms with E-state index < -0.39 is 0 Å². The molecule has 0 aliphatic carbocycles. The number of para-hydroxylation sites is 2. The van der Waals surface area contributed by atoms with E-state index in [0.29, 0.717) is 30.2 Å². The molecule has 1 atom stereocenters. The zero-order chi connectivity index (χ0) is 17.5. The fraction of sp³-hybridized carbons (Fsp3) is 0.368. The summed E-state index contributed by atoms with van der Waals surface area (Å²) in [7, 11) is 0. The lowest BCUT2D eigenvalue weighted by atomic mass is 10.0. The van der Waals surface area contributed by atoms with E-state index in [0.717, 1.165) is 19.3 Å². The van der Waals surface area contributed by atoms with Gasteiger partial charge < -0.3 is 20.1 Å². The number of carbonyl (C=O) groups is 1. The number of piperidine rings is 1. The van der Waals surface area contributed by atoms with Crippen molar-refractivity contribution < 1.29 is 14.6 Å². The highest BCUT2D eigenvalue weighted by Gasteiger charge is 2.26. The highest BCUT2D eigenvalue weighted by molar-refractivity contribution is 5.91. The van der Waals surface area contributed by atoms with E-state index in [1.165, 1.54) is 0 Å². The van der Waals surface area contributed by atoms with Gasteiger partial charge in [0, 0.05) is 25.4 Å².